The molecule has 2 atom stereocenters. The molecule has 0 aliphatic heterocycles. The minimum Gasteiger partial charge on any atom is -0.595 e. The van der Waals surface area contributed by atoms with E-state index in [1.54, 1.807) is 0 Å². The summed E-state index contributed by atoms with van der Waals surface area (Å²) in [5.41, 5.74) is 0.692. The molecule has 0 saturated heterocycles. The number of nitrogens with one attached hydrogen (secondary N) is 2. The van der Waals surface area contributed by atoms with E-state index in [4.69, 9.17) is 19.1 Å². The number of benzene rings is 3. The normalized spacial score (nSPS) is 12.9. The van der Waals surface area contributed by atoms with Crippen LogP contribution in [0.4, 0.5) is 11.4 Å². The quantitative estimate of drug-likeness (QED) is 0.348. The molecule has 0 spiro atoms. The van der Waals surface area contributed by atoms with Gasteiger partial charge < -0.3 is 19.9 Å². The molecule has 0 aliphatic carbocycles. The first-order chi connectivity index (χ1) is 14.7. The van der Waals surface area contributed by atoms with Crippen LogP contribution in [-0.4, -0.2) is 26.4 Å². The van der Waals surface area contributed by atoms with Gasteiger partial charge in [0.05, 0.1) is 0 Å². The molecule has 30 heavy (non-hydrogen) atoms. The van der Waals surface area contributed by atoms with Crippen molar-refractivity contribution in [2.24, 2.45) is 0 Å². The van der Waals surface area contributed by atoms with Crippen LogP contribution in [0.5, 0.6) is 11.5 Å². The molecule has 8 heteroatoms. The van der Waals surface area contributed by atoms with Crippen LogP contribution >= 0.6 is 0 Å². The van der Waals surface area contributed by atoms with Crippen molar-refractivity contribution in [3.63, 3.8) is 0 Å². The summed E-state index contributed by atoms with van der Waals surface area (Å²) in [4.78, 5) is 10.3. The number of rotatable bonds is 12. The largest absolute Gasteiger partial charge is 0.595 e. The fraction of sp³-hybridized carbons (Fsp3) is 0.182. The van der Waals surface area contributed by atoms with Crippen LogP contribution in [-0.2, 0) is 9.68 Å². The molecule has 3 aromatic rings. The Bertz CT molecular complexity index is 776. The first kappa shape index (κ1) is 21.7. The zero-order chi connectivity index (χ0) is 21.0. The lowest BCUT2D eigenvalue weighted by Gasteiger charge is -2.21. The Balaban J connectivity index is 1.35. The van der Waals surface area contributed by atoms with Gasteiger partial charge in [-0.25, -0.2) is 0 Å². The van der Waals surface area contributed by atoms with E-state index in [0.29, 0.717) is 22.9 Å². The van der Waals surface area contributed by atoms with E-state index in [9.17, 15) is 10.4 Å². The van der Waals surface area contributed by atoms with Crippen molar-refractivity contribution in [1.29, 1.82) is 0 Å². The van der Waals surface area contributed by atoms with Crippen molar-refractivity contribution in [2.75, 3.05) is 26.4 Å². The van der Waals surface area contributed by atoms with E-state index in [0.717, 1.165) is 0 Å². The maximum absolute atomic E-state index is 12.1. The number of para-hydroxylation sites is 2. The van der Waals surface area contributed by atoms with Gasteiger partial charge in [-0.2, -0.15) is 20.1 Å². The van der Waals surface area contributed by atoms with Crippen molar-refractivity contribution in [3.05, 3.63) is 95.3 Å². The standard InChI is InChI=1S/C22H24N2O6/c25-23(29-17-15-27-21-7-3-1-4-8-21)19-11-13-20(14-12-19)24(26)30-18-16-28-22-9-5-2-6-10-22/h1-14,23-24H,15-18H2. The fourth-order valence-corrected chi connectivity index (χ4v) is 2.53. The topological polar surface area (TPSA) is 91.9 Å². The Morgan fingerprint density at radius 2 is 0.867 bits per heavy atom. The van der Waals surface area contributed by atoms with Gasteiger partial charge in [0.25, 0.3) is 0 Å². The second kappa shape index (κ2) is 11.9. The molecule has 158 valence electrons. The lowest BCUT2D eigenvalue weighted by atomic mass is 10.3. The van der Waals surface area contributed by atoms with E-state index in [1.807, 2.05) is 60.7 Å². The molecule has 0 heterocycles. The average Bonchev–Trinajstić information content (AvgIpc) is 2.81. The van der Waals surface area contributed by atoms with Crippen molar-refractivity contribution in [1.82, 2.24) is 0 Å². The van der Waals surface area contributed by atoms with E-state index in [2.05, 4.69) is 0 Å². The molecule has 0 aromatic heterocycles. The predicted octanol–water partition coefficient (Wildman–Crippen LogP) is 1.74. The van der Waals surface area contributed by atoms with Gasteiger partial charge in [0, 0.05) is 24.3 Å². The van der Waals surface area contributed by atoms with E-state index < -0.39 is 10.5 Å². The van der Waals surface area contributed by atoms with E-state index in [1.165, 1.54) is 24.3 Å². The molecule has 0 aliphatic rings. The van der Waals surface area contributed by atoms with Gasteiger partial charge in [0.1, 0.15) is 37.9 Å². The molecular weight excluding hydrogens is 388 g/mol. The number of quaternary nitrogens is 2. The molecule has 3 rings (SSSR count). The Morgan fingerprint density at radius 1 is 0.500 bits per heavy atom. The monoisotopic (exact) mass is 412 g/mol. The summed E-state index contributed by atoms with van der Waals surface area (Å²) in [7, 11) is 0. The summed E-state index contributed by atoms with van der Waals surface area (Å²) in [5.74, 6) is 1.43. The van der Waals surface area contributed by atoms with E-state index in [-0.39, 0.29) is 26.4 Å². The summed E-state index contributed by atoms with van der Waals surface area (Å²) >= 11 is 0. The molecule has 0 fully saturated rings. The van der Waals surface area contributed by atoms with Gasteiger partial charge in [-0.1, -0.05) is 36.4 Å². The fourth-order valence-electron chi connectivity index (χ4n) is 2.53. The summed E-state index contributed by atoms with van der Waals surface area (Å²) in [5, 5.41) is 23.2. The predicted molar refractivity (Wildman–Crippen MR) is 110 cm³/mol. The first-order valence-electron chi connectivity index (χ1n) is 9.52. The highest BCUT2D eigenvalue weighted by atomic mass is 16.9. The van der Waals surface area contributed by atoms with E-state index >= 15 is 0 Å². The molecular formula is C22H24N2O6. The molecule has 8 nitrogen and oxygen atoms in total. The first-order valence-corrected chi connectivity index (χ1v) is 9.52. The third-order valence-electron chi connectivity index (χ3n) is 4.01. The Hall–Kier alpha value is -2.98. The van der Waals surface area contributed by atoms with Crippen LogP contribution in [0.2, 0.25) is 0 Å². The van der Waals surface area contributed by atoms with Crippen LogP contribution < -0.4 is 19.9 Å². The summed E-state index contributed by atoms with van der Waals surface area (Å²) in [6, 6.07) is 24.7. The zero-order valence-corrected chi connectivity index (χ0v) is 16.4. The second-order valence-electron chi connectivity index (χ2n) is 6.17. The van der Waals surface area contributed by atoms with Crippen molar-refractivity contribution in [2.45, 2.75) is 0 Å². The smallest absolute Gasteiger partial charge is 0.164 e. The number of hydrogen-bond acceptors (Lipinski definition) is 6. The third kappa shape index (κ3) is 7.12. The highest BCUT2D eigenvalue weighted by Crippen LogP contribution is 2.09. The second-order valence-corrected chi connectivity index (χ2v) is 6.17. The highest BCUT2D eigenvalue weighted by molar-refractivity contribution is 5.39. The molecule has 3 aromatic carbocycles. The third-order valence-corrected chi connectivity index (χ3v) is 4.01. The Morgan fingerprint density at radius 3 is 1.23 bits per heavy atom. The SMILES string of the molecule is [O-][NH+](OCCOc1ccccc1)c1ccc([NH+]([O-])OCCOc2ccccc2)cc1. The number of hydrogen-bond donors (Lipinski definition) is 2. The van der Waals surface area contributed by atoms with Gasteiger partial charge in [-0.15, -0.1) is 0 Å². The summed E-state index contributed by atoms with van der Waals surface area (Å²) in [6.07, 6.45) is 0. The Kier molecular flexibility index (Phi) is 8.61. The van der Waals surface area contributed by atoms with Gasteiger partial charge in [-0.05, 0) is 24.3 Å². The number of ether oxygens (including phenoxy) is 2. The molecule has 2 unspecified atom stereocenters. The Labute approximate surface area is 174 Å². The van der Waals surface area contributed by atoms with Gasteiger partial charge in [-0.3, -0.25) is 0 Å². The molecule has 0 bridgehead atoms. The van der Waals surface area contributed by atoms with Crippen LogP contribution in [0, 0.1) is 10.4 Å². The van der Waals surface area contributed by atoms with Crippen LogP contribution in [0.15, 0.2) is 84.9 Å². The van der Waals surface area contributed by atoms with Crippen molar-refractivity contribution < 1.29 is 29.6 Å². The van der Waals surface area contributed by atoms with Crippen LogP contribution in [0.25, 0.3) is 0 Å². The molecule has 0 amide bonds. The minimum absolute atomic E-state index is 0.124. The highest BCUT2D eigenvalue weighted by Gasteiger charge is 2.09. The molecule has 0 radical (unpaired) electrons. The van der Waals surface area contributed by atoms with Gasteiger partial charge in [0.15, 0.2) is 11.4 Å². The van der Waals surface area contributed by atoms with Gasteiger partial charge >= 0.3 is 0 Å². The van der Waals surface area contributed by atoms with Crippen LogP contribution in [0.3, 0.4) is 0 Å². The maximum atomic E-state index is 12.1. The van der Waals surface area contributed by atoms with Crippen LogP contribution in [0.1, 0.15) is 0 Å². The maximum Gasteiger partial charge on any atom is 0.164 e. The molecule has 2 N–H and O–H groups in total. The summed E-state index contributed by atoms with van der Waals surface area (Å²) in [6.45, 7) is 0.758. The van der Waals surface area contributed by atoms with Crippen molar-refractivity contribution >= 4 is 11.4 Å². The average molecular weight is 412 g/mol. The minimum atomic E-state index is -0.483. The zero-order valence-electron chi connectivity index (χ0n) is 16.4. The molecule has 0 saturated carbocycles. The lowest BCUT2D eigenvalue weighted by Crippen LogP contribution is -3.02. The summed E-state index contributed by atoms with van der Waals surface area (Å²) < 4.78 is 10.9. The van der Waals surface area contributed by atoms with Gasteiger partial charge in [0.2, 0.25) is 0 Å². The lowest BCUT2D eigenvalue weighted by molar-refractivity contribution is -0.999. The van der Waals surface area contributed by atoms with Crippen molar-refractivity contribution in [3.8, 4) is 11.5 Å².